The molecule has 0 unspecified atom stereocenters. The van der Waals surface area contributed by atoms with E-state index in [1.807, 2.05) is 0 Å². The van der Waals surface area contributed by atoms with Gasteiger partial charge in [-0.2, -0.15) is 16.8 Å². The van der Waals surface area contributed by atoms with E-state index in [-0.39, 0.29) is 58.9 Å². The van der Waals surface area contributed by atoms with Gasteiger partial charge in [0, 0.05) is 0 Å². The Bertz CT molecular complexity index is 548. The molecule has 0 amide bonds. The topological polar surface area (TPSA) is 0 Å². The van der Waals surface area contributed by atoms with Gasteiger partial charge in [-0.3, -0.25) is 0 Å². The minimum Gasteiger partial charge on any atom is -1.00 e. The molecule has 0 N–H and O–H groups in total. The van der Waals surface area contributed by atoms with Gasteiger partial charge in [-0.1, -0.05) is 74.3 Å². The van der Waals surface area contributed by atoms with Crippen LogP contribution in [0.25, 0.3) is 0 Å². The molecular weight excluding hydrogens is 399 g/mol. The van der Waals surface area contributed by atoms with Crippen LogP contribution in [0.5, 0.6) is 0 Å². The van der Waals surface area contributed by atoms with Crippen LogP contribution < -0.4 is 47.6 Å². The molecule has 1 fully saturated rings. The van der Waals surface area contributed by atoms with E-state index in [2.05, 4.69) is 62.4 Å². The average Bonchev–Trinajstić information content (AvgIpc) is 3.09. The minimum absolute atomic E-state index is 0. The van der Waals surface area contributed by atoms with E-state index in [1.165, 1.54) is 24.9 Å². The summed E-state index contributed by atoms with van der Waals surface area (Å²) in [7, 11) is -1.44. The van der Waals surface area contributed by atoms with Crippen LogP contribution in [0.3, 0.4) is 0 Å². The summed E-state index contributed by atoms with van der Waals surface area (Å²) in [6, 6.07) is 21.3. The summed E-state index contributed by atoms with van der Waals surface area (Å²) < 4.78 is 0. The quantitative estimate of drug-likeness (QED) is 0.344. The standard InChI is InChI=1S/C18H23Si.3ClH.Ti/c1-15(2)17-11-8-12-18(17)19(13-6-7-14-19)16-9-4-3-5-10-16;;;;/h3-5,8-12,15H,6-7,13-14H2,1-2H3;3*1H;/q-1;;;;+4/p-3. The molecule has 0 saturated carbocycles. The molecule has 0 spiro atoms. The Kier molecular flexibility index (Phi) is 12.3. The minimum atomic E-state index is -1.44. The molecule has 0 aromatic heterocycles. The van der Waals surface area contributed by atoms with Crippen LogP contribution in [0.4, 0.5) is 0 Å². The van der Waals surface area contributed by atoms with Gasteiger partial charge in [0.05, 0.1) is 8.07 Å². The summed E-state index contributed by atoms with van der Waals surface area (Å²) in [6.45, 7) is 4.67. The summed E-state index contributed by atoms with van der Waals surface area (Å²) in [4.78, 5) is 0. The third-order valence-corrected chi connectivity index (χ3v) is 10.1. The van der Waals surface area contributed by atoms with Crippen LogP contribution >= 0.6 is 0 Å². The van der Waals surface area contributed by atoms with Crippen LogP contribution in [0.2, 0.25) is 12.1 Å². The Hall–Kier alpha value is 0.371. The fourth-order valence-electron chi connectivity index (χ4n) is 3.82. The largest absolute Gasteiger partial charge is 4.00 e. The zero-order valence-electron chi connectivity index (χ0n) is 13.7. The van der Waals surface area contributed by atoms with Crippen molar-refractivity contribution < 1.29 is 58.9 Å². The number of hydrogen-bond donors (Lipinski definition) is 0. The first kappa shape index (κ1) is 25.6. The molecule has 1 aliphatic rings. The predicted molar refractivity (Wildman–Crippen MR) is 86.4 cm³/mol. The average molecular weight is 422 g/mol. The number of rotatable bonds is 3. The molecule has 2 aromatic carbocycles. The molecule has 1 heterocycles. The van der Waals surface area contributed by atoms with Crippen molar-refractivity contribution in [2.24, 2.45) is 0 Å². The first-order chi connectivity index (χ1) is 9.24. The summed E-state index contributed by atoms with van der Waals surface area (Å²) >= 11 is 0. The fraction of sp³-hybridized carbons (Fsp3) is 0.389. The fourth-order valence-corrected chi connectivity index (χ4v) is 9.38. The molecule has 3 rings (SSSR count). The summed E-state index contributed by atoms with van der Waals surface area (Å²) in [6.07, 6.45) is 2.84. The Morgan fingerprint density at radius 2 is 1.43 bits per heavy atom. The van der Waals surface area contributed by atoms with Crippen molar-refractivity contribution in [3.63, 3.8) is 0 Å². The van der Waals surface area contributed by atoms with Gasteiger partial charge in [-0.05, 0) is 5.92 Å². The maximum atomic E-state index is 2.43. The summed E-state index contributed by atoms with van der Waals surface area (Å²) in [5, 5.41) is 3.38. The van der Waals surface area contributed by atoms with Crippen molar-refractivity contribution in [3.05, 3.63) is 54.1 Å². The summed E-state index contributed by atoms with van der Waals surface area (Å²) in [5.74, 6) is 0.652. The Labute approximate surface area is 175 Å². The van der Waals surface area contributed by atoms with E-state index >= 15 is 0 Å². The van der Waals surface area contributed by atoms with Gasteiger partial charge < -0.3 is 37.2 Å². The second-order valence-electron chi connectivity index (χ2n) is 6.20. The molecule has 23 heavy (non-hydrogen) atoms. The van der Waals surface area contributed by atoms with Gasteiger partial charge in [-0.25, -0.2) is 12.1 Å². The predicted octanol–water partition coefficient (Wildman–Crippen LogP) is -5.10. The Morgan fingerprint density at radius 1 is 0.870 bits per heavy atom. The van der Waals surface area contributed by atoms with Gasteiger partial charge in [0.15, 0.2) is 0 Å². The van der Waals surface area contributed by atoms with Gasteiger partial charge in [0.25, 0.3) is 0 Å². The van der Waals surface area contributed by atoms with Crippen molar-refractivity contribution in [1.29, 1.82) is 0 Å². The molecule has 5 heteroatoms. The van der Waals surface area contributed by atoms with Crippen LogP contribution in [0.15, 0.2) is 48.5 Å². The van der Waals surface area contributed by atoms with Crippen LogP contribution in [0.1, 0.15) is 38.2 Å². The number of halogens is 3. The van der Waals surface area contributed by atoms with E-state index < -0.39 is 8.07 Å². The first-order valence-electron chi connectivity index (χ1n) is 7.56. The third-order valence-electron chi connectivity index (χ3n) is 4.77. The summed E-state index contributed by atoms with van der Waals surface area (Å²) in [5.41, 5.74) is 1.61. The van der Waals surface area contributed by atoms with E-state index in [0.29, 0.717) is 5.92 Å². The van der Waals surface area contributed by atoms with Gasteiger partial charge in [0.1, 0.15) is 0 Å². The monoisotopic (exact) mass is 420 g/mol. The molecule has 0 radical (unpaired) electrons. The molecule has 2 aromatic rings. The zero-order valence-corrected chi connectivity index (χ0v) is 18.5. The Balaban J connectivity index is 0. The molecule has 124 valence electrons. The maximum Gasteiger partial charge on any atom is 4.00 e. The molecule has 1 aliphatic heterocycles. The third kappa shape index (κ3) is 4.94. The second-order valence-corrected chi connectivity index (χ2v) is 10.5. The molecule has 0 aliphatic carbocycles. The zero-order chi connectivity index (χ0) is 13.3. The van der Waals surface area contributed by atoms with Crippen molar-refractivity contribution in [3.8, 4) is 0 Å². The Morgan fingerprint density at radius 3 is 1.96 bits per heavy atom. The number of hydrogen-bond acceptors (Lipinski definition) is 0. The van der Waals surface area contributed by atoms with Crippen LogP contribution in [0, 0.1) is 0 Å². The smallest absolute Gasteiger partial charge is 1.00 e. The molecule has 1 saturated heterocycles. The van der Waals surface area contributed by atoms with E-state index in [0.717, 1.165) is 0 Å². The van der Waals surface area contributed by atoms with Gasteiger partial charge in [0.2, 0.25) is 0 Å². The number of benzene rings is 1. The second kappa shape index (κ2) is 11.1. The SMILES string of the molecule is CC(C)c1ccc[c-]1[Si]1(c2ccccc2)CCCC1.[Cl-].[Cl-].[Cl-].[Ti+4]. The van der Waals surface area contributed by atoms with Crippen molar-refractivity contribution >= 4 is 18.4 Å². The van der Waals surface area contributed by atoms with Gasteiger partial charge >= 0.3 is 21.7 Å². The first-order valence-corrected chi connectivity index (χ1v) is 9.97. The molecule has 0 bridgehead atoms. The van der Waals surface area contributed by atoms with E-state index in [9.17, 15) is 0 Å². The van der Waals surface area contributed by atoms with Crippen LogP contribution in [-0.2, 0) is 21.7 Å². The van der Waals surface area contributed by atoms with E-state index in [1.54, 1.807) is 15.9 Å². The molecule has 0 nitrogen and oxygen atoms in total. The van der Waals surface area contributed by atoms with E-state index in [4.69, 9.17) is 0 Å². The van der Waals surface area contributed by atoms with Crippen molar-refractivity contribution in [2.45, 2.75) is 44.7 Å². The van der Waals surface area contributed by atoms with Gasteiger partial charge in [-0.15, -0.1) is 0 Å². The molecule has 0 atom stereocenters. The van der Waals surface area contributed by atoms with Crippen molar-refractivity contribution in [1.82, 2.24) is 0 Å². The maximum absolute atomic E-state index is 2.43. The van der Waals surface area contributed by atoms with Crippen molar-refractivity contribution in [2.75, 3.05) is 0 Å². The molecular formula is C18H23Cl3SiTi. The normalized spacial score (nSPS) is 14.9. The van der Waals surface area contributed by atoms with Crippen LogP contribution in [-0.4, -0.2) is 8.07 Å².